The lowest BCUT2D eigenvalue weighted by Crippen LogP contribution is -2.50. The summed E-state index contributed by atoms with van der Waals surface area (Å²) in [6.45, 7) is 7.55. The van der Waals surface area contributed by atoms with Crippen LogP contribution in [-0.2, 0) is 25.2 Å². The Morgan fingerprint density at radius 1 is 0.938 bits per heavy atom. The fraction of sp³-hybridized carbons (Fsp3) is 0.243. The van der Waals surface area contributed by atoms with Crippen molar-refractivity contribution in [3.05, 3.63) is 118 Å². The van der Waals surface area contributed by atoms with Gasteiger partial charge in [-0.1, -0.05) is 105 Å². The molecule has 48 heavy (non-hydrogen) atoms. The van der Waals surface area contributed by atoms with Gasteiger partial charge < -0.3 is 20.0 Å². The number of rotatable bonds is 12. The molecule has 1 unspecified atom stereocenters. The highest BCUT2D eigenvalue weighted by Gasteiger charge is 2.32. The van der Waals surface area contributed by atoms with Crippen molar-refractivity contribution in [2.45, 2.75) is 40.2 Å². The van der Waals surface area contributed by atoms with E-state index in [0.717, 1.165) is 0 Å². The van der Waals surface area contributed by atoms with E-state index in [1.165, 1.54) is 34.5 Å². The Labute approximate surface area is 293 Å². The molecule has 0 spiro atoms. The SMILES string of the molecule is CC(=O)Nc1ccc(C=CC(=O)NCC(=O)N(C)c2ccc(Cl)c(CC(O[SiH](c3ccccc3)c3ccccc3)C(C)(C)C)c2Cl)cn1. The molecule has 11 heteroatoms. The number of amides is 3. The monoisotopic (exact) mass is 702 g/mol. The minimum Gasteiger partial charge on any atom is -0.407 e. The molecule has 0 saturated heterocycles. The van der Waals surface area contributed by atoms with Crippen molar-refractivity contribution >= 4 is 77.9 Å². The Morgan fingerprint density at radius 2 is 1.56 bits per heavy atom. The van der Waals surface area contributed by atoms with Crippen molar-refractivity contribution in [1.82, 2.24) is 10.3 Å². The summed E-state index contributed by atoms with van der Waals surface area (Å²) in [4.78, 5) is 42.3. The molecule has 4 aromatic rings. The highest BCUT2D eigenvalue weighted by Crippen LogP contribution is 2.37. The van der Waals surface area contributed by atoms with Crippen LogP contribution in [0.15, 0.2) is 97.2 Å². The molecule has 2 N–H and O–H groups in total. The van der Waals surface area contributed by atoms with Crippen LogP contribution in [0.2, 0.25) is 10.0 Å². The second-order valence-electron chi connectivity index (χ2n) is 12.4. The Kier molecular flexibility index (Phi) is 12.7. The molecule has 1 heterocycles. The molecule has 0 saturated carbocycles. The van der Waals surface area contributed by atoms with E-state index in [9.17, 15) is 14.4 Å². The first-order valence-electron chi connectivity index (χ1n) is 15.5. The number of nitrogens with zero attached hydrogens (tertiary/aromatic N) is 2. The number of likely N-dealkylation sites (N-methyl/N-ethyl adjacent to an activating group) is 1. The number of carbonyl (C=O) groups excluding carboxylic acids is 3. The molecule has 3 aromatic carbocycles. The van der Waals surface area contributed by atoms with Gasteiger partial charge in [-0.3, -0.25) is 14.4 Å². The van der Waals surface area contributed by atoms with E-state index in [0.29, 0.717) is 39.1 Å². The van der Waals surface area contributed by atoms with E-state index in [-0.39, 0.29) is 29.9 Å². The van der Waals surface area contributed by atoms with E-state index >= 15 is 0 Å². The third kappa shape index (κ3) is 10.1. The second-order valence-corrected chi connectivity index (χ2v) is 15.6. The van der Waals surface area contributed by atoms with Gasteiger partial charge in [0, 0.05) is 37.7 Å². The minimum absolute atomic E-state index is 0.226. The van der Waals surface area contributed by atoms with Crippen molar-refractivity contribution in [3.63, 3.8) is 0 Å². The van der Waals surface area contributed by atoms with Crippen LogP contribution in [0.25, 0.3) is 6.08 Å². The topological polar surface area (TPSA) is 101 Å². The molecular formula is C37H40Cl2N4O4Si. The third-order valence-corrected chi connectivity index (χ3v) is 11.1. The number of anilines is 2. The molecule has 0 radical (unpaired) electrons. The van der Waals surface area contributed by atoms with Crippen LogP contribution >= 0.6 is 23.2 Å². The number of aromatic nitrogens is 1. The Balaban J connectivity index is 1.47. The summed E-state index contributed by atoms with van der Waals surface area (Å²) < 4.78 is 7.06. The predicted molar refractivity (Wildman–Crippen MR) is 198 cm³/mol. The van der Waals surface area contributed by atoms with Gasteiger partial charge in [0.15, 0.2) is 0 Å². The van der Waals surface area contributed by atoms with Gasteiger partial charge in [-0.25, -0.2) is 4.98 Å². The molecule has 3 amide bonds. The largest absolute Gasteiger partial charge is 0.407 e. The average molecular weight is 704 g/mol. The maximum atomic E-state index is 13.2. The molecule has 4 rings (SSSR count). The summed E-state index contributed by atoms with van der Waals surface area (Å²) >= 11 is 13.7. The van der Waals surface area contributed by atoms with Crippen LogP contribution in [0.4, 0.5) is 11.5 Å². The molecule has 0 fully saturated rings. The Bertz CT molecular complexity index is 1710. The molecule has 1 atom stereocenters. The van der Waals surface area contributed by atoms with Crippen molar-refractivity contribution in [3.8, 4) is 0 Å². The zero-order chi connectivity index (χ0) is 34.8. The zero-order valence-electron chi connectivity index (χ0n) is 27.7. The fourth-order valence-electron chi connectivity index (χ4n) is 4.95. The first-order valence-corrected chi connectivity index (χ1v) is 17.9. The minimum atomic E-state index is -2.10. The van der Waals surface area contributed by atoms with Crippen molar-refractivity contribution < 1.29 is 18.8 Å². The summed E-state index contributed by atoms with van der Waals surface area (Å²) in [5, 5.41) is 8.37. The smallest absolute Gasteiger partial charge is 0.246 e. The highest BCUT2D eigenvalue weighted by atomic mass is 35.5. The number of nitrogens with one attached hydrogen (secondary N) is 2. The molecule has 250 valence electrons. The maximum Gasteiger partial charge on any atom is 0.246 e. The summed E-state index contributed by atoms with van der Waals surface area (Å²) in [5.41, 5.74) is 1.56. The van der Waals surface area contributed by atoms with E-state index in [1.807, 2.05) is 36.4 Å². The lowest BCUT2D eigenvalue weighted by Gasteiger charge is -2.35. The van der Waals surface area contributed by atoms with E-state index in [2.05, 4.69) is 60.7 Å². The van der Waals surface area contributed by atoms with Crippen LogP contribution in [0, 0.1) is 5.41 Å². The third-order valence-electron chi connectivity index (χ3n) is 7.69. The first kappa shape index (κ1) is 36.6. The molecule has 8 nitrogen and oxygen atoms in total. The molecule has 0 aliphatic carbocycles. The first-order chi connectivity index (χ1) is 22.8. The van der Waals surface area contributed by atoms with Crippen LogP contribution in [0.1, 0.15) is 38.8 Å². The van der Waals surface area contributed by atoms with Gasteiger partial charge in [0.2, 0.25) is 26.8 Å². The fourth-order valence-corrected chi connectivity index (χ4v) is 8.28. The number of benzene rings is 3. The van der Waals surface area contributed by atoms with E-state index < -0.39 is 14.9 Å². The quantitative estimate of drug-likeness (QED) is 0.147. The number of carbonyl (C=O) groups is 3. The van der Waals surface area contributed by atoms with Gasteiger partial charge in [-0.15, -0.1) is 0 Å². The van der Waals surface area contributed by atoms with Crippen molar-refractivity contribution in [1.29, 1.82) is 0 Å². The number of hydrogen-bond donors (Lipinski definition) is 2. The molecule has 0 aliphatic rings. The van der Waals surface area contributed by atoms with Gasteiger partial charge in [-0.2, -0.15) is 0 Å². The molecule has 1 aromatic heterocycles. The van der Waals surface area contributed by atoms with Gasteiger partial charge in [0.25, 0.3) is 0 Å². The van der Waals surface area contributed by atoms with Crippen molar-refractivity contribution in [2.75, 3.05) is 23.8 Å². The van der Waals surface area contributed by atoms with Crippen LogP contribution < -0.4 is 25.9 Å². The Morgan fingerprint density at radius 3 is 2.10 bits per heavy atom. The molecular weight excluding hydrogens is 663 g/mol. The Hall–Kier alpha value is -4.28. The summed E-state index contributed by atoms with van der Waals surface area (Å²) in [6, 6.07) is 27.4. The van der Waals surface area contributed by atoms with Crippen LogP contribution in [0.5, 0.6) is 0 Å². The summed E-state index contributed by atoms with van der Waals surface area (Å²) in [6.07, 6.45) is 4.58. The normalized spacial score (nSPS) is 12.2. The van der Waals surface area contributed by atoms with Gasteiger partial charge in [0.05, 0.1) is 23.4 Å². The summed E-state index contributed by atoms with van der Waals surface area (Å²) in [7, 11) is -0.489. The van der Waals surface area contributed by atoms with Gasteiger partial charge in [0.1, 0.15) is 5.82 Å². The second kappa shape index (κ2) is 16.7. The maximum absolute atomic E-state index is 13.2. The van der Waals surface area contributed by atoms with Crippen LogP contribution in [-0.4, -0.2) is 51.4 Å². The molecule has 0 bridgehead atoms. The number of hydrogen-bond acceptors (Lipinski definition) is 5. The lowest BCUT2D eigenvalue weighted by atomic mass is 9.85. The van der Waals surface area contributed by atoms with Gasteiger partial charge in [-0.05, 0) is 57.3 Å². The standard InChI is InChI=1S/C37H40Cl2N4O4Si/c1-25(44)42-33-20-16-26(23-40-33)17-21-34(45)41-24-35(46)43(5)31-19-18-30(38)29(36(31)39)22-32(37(2,3)4)47-48(27-12-8-6-9-13-27)28-14-10-7-11-15-28/h6-21,23,32,48H,22,24H2,1-5H3,(H,41,45)(H,40,42,44). The predicted octanol–water partition coefficient (Wildman–Crippen LogP) is 5.65. The zero-order valence-corrected chi connectivity index (χ0v) is 30.3. The van der Waals surface area contributed by atoms with Crippen molar-refractivity contribution in [2.24, 2.45) is 5.41 Å². The summed E-state index contributed by atoms with van der Waals surface area (Å²) in [5.74, 6) is -0.631. The average Bonchev–Trinajstić information content (AvgIpc) is 3.06. The molecule has 0 aliphatic heterocycles. The van der Waals surface area contributed by atoms with Gasteiger partial charge >= 0.3 is 0 Å². The lowest BCUT2D eigenvalue weighted by molar-refractivity contribution is -0.122. The van der Waals surface area contributed by atoms with Crippen LogP contribution in [0.3, 0.4) is 0 Å². The number of halogens is 2. The van der Waals surface area contributed by atoms with E-state index in [4.69, 9.17) is 27.6 Å². The van der Waals surface area contributed by atoms with E-state index in [1.54, 1.807) is 37.4 Å². The number of pyridine rings is 1. The highest BCUT2D eigenvalue weighted by molar-refractivity contribution is 6.80.